The Balaban J connectivity index is 1.63. The van der Waals surface area contributed by atoms with E-state index >= 15 is 0 Å². The first-order valence-electron chi connectivity index (χ1n) is 9.34. The van der Waals surface area contributed by atoms with E-state index in [2.05, 4.69) is 31.3 Å². The molecule has 0 fully saturated rings. The van der Waals surface area contributed by atoms with E-state index in [0.717, 1.165) is 17.7 Å². The lowest BCUT2D eigenvalue weighted by Crippen LogP contribution is -2.12. The first-order valence-corrected chi connectivity index (χ1v) is 9.34. The Hall–Kier alpha value is -3.07. The molecular weight excluding hydrogens is 334 g/mol. The van der Waals surface area contributed by atoms with Crippen molar-refractivity contribution in [2.45, 2.75) is 32.8 Å². The van der Waals surface area contributed by atoms with Crippen LogP contribution in [0, 0.1) is 0 Å². The Morgan fingerprint density at radius 1 is 0.963 bits per heavy atom. The summed E-state index contributed by atoms with van der Waals surface area (Å²) in [5, 5.41) is 2.95. The van der Waals surface area contributed by atoms with Crippen molar-refractivity contribution in [3.63, 3.8) is 0 Å². The minimum atomic E-state index is -0.142. The summed E-state index contributed by atoms with van der Waals surface area (Å²) >= 11 is 0. The first-order chi connectivity index (χ1) is 13.2. The lowest BCUT2D eigenvalue weighted by molar-refractivity contribution is 0.102. The van der Waals surface area contributed by atoms with Gasteiger partial charge in [0.05, 0.1) is 0 Å². The highest BCUT2D eigenvalue weighted by Crippen LogP contribution is 2.21. The second-order valence-electron chi connectivity index (χ2n) is 6.69. The van der Waals surface area contributed by atoms with Gasteiger partial charge in [0.25, 0.3) is 5.91 Å². The molecule has 0 aliphatic heterocycles. The van der Waals surface area contributed by atoms with Gasteiger partial charge in [0.2, 0.25) is 0 Å². The van der Waals surface area contributed by atoms with E-state index in [1.165, 1.54) is 5.56 Å². The minimum Gasteiger partial charge on any atom is -0.489 e. The molecule has 0 unspecified atom stereocenters. The minimum absolute atomic E-state index is 0.142. The Morgan fingerprint density at radius 2 is 1.70 bits per heavy atom. The zero-order chi connectivity index (χ0) is 19.1. The summed E-state index contributed by atoms with van der Waals surface area (Å²) in [5.41, 5.74) is 3.75. The molecule has 0 saturated carbocycles. The van der Waals surface area contributed by atoms with Crippen molar-refractivity contribution in [3.8, 4) is 5.75 Å². The van der Waals surface area contributed by atoms with Gasteiger partial charge in [0.15, 0.2) is 0 Å². The van der Waals surface area contributed by atoms with E-state index in [1.807, 2.05) is 54.6 Å². The third-order valence-electron chi connectivity index (χ3n) is 4.69. The average Bonchev–Trinajstić information content (AvgIpc) is 2.73. The third kappa shape index (κ3) is 5.20. The summed E-state index contributed by atoms with van der Waals surface area (Å²) in [6, 6.07) is 25.3. The molecule has 27 heavy (non-hydrogen) atoms. The van der Waals surface area contributed by atoms with E-state index in [4.69, 9.17) is 4.74 Å². The van der Waals surface area contributed by atoms with Crippen LogP contribution in [0.25, 0.3) is 0 Å². The first kappa shape index (κ1) is 18.7. The van der Waals surface area contributed by atoms with Crippen molar-refractivity contribution in [2.24, 2.45) is 0 Å². The fraction of sp³-hybridized carbons (Fsp3) is 0.208. The van der Waals surface area contributed by atoms with Crippen molar-refractivity contribution in [3.05, 3.63) is 95.6 Å². The van der Waals surface area contributed by atoms with E-state index in [0.29, 0.717) is 23.8 Å². The number of carbonyl (C=O) groups is 1. The van der Waals surface area contributed by atoms with Crippen LogP contribution in [0.15, 0.2) is 78.9 Å². The molecule has 3 aromatic carbocycles. The molecule has 0 aliphatic carbocycles. The molecule has 3 rings (SSSR count). The van der Waals surface area contributed by atoms with E-state index in [1.54, 1.807) is 12.1 Å². The second-order valence-corrected chi connectivity index (χ2v) is 6.69. The van der Waals surface area contributed by atoms with Crippen LogP contribution in [0.5, 0.6) is 5.75 Å². The molecular formula is C24H25NO2. The maximum atomic E-state index is 12.5. The molecule has 0 aliphatic rings. The largest absolute Gasteiger partial charge is 0.489 e. The molecule has 1 amide bonds. The van der Waals surface area contributed by atoms with Crippen molar-refractivity contribution < 1.29 is 9.53 Å². The molecule has 0 spiro atoms. The fourth-order valence-electron chi connectivity index (χ4n) is 2.80. The molecule has 0 aromatic heterocycles. The maximum Gasteiger partial charge on any atom is 0.255 e. The highest BCUT2D eigenvalue weighted by atomic mass is 16.5. The van der Waals surface area contributed by atoms with Crippen LogP contribution < -0.4 is 10.1 Å². The number of anilines is 1. The molecule has 0 heterocycles. The molecule has 3 nitrogen and oxygen atoms in total. The maximum absolute atomic E-state index is 12.5. The molecule has 1 N–H and O–H groups in total. The van der Waals surface area contributed by atoms with Gasteiger partial charge in [0, 0.05) is 11.3 Å². The third-order valence-corrected chi connectivity index (χ3v) is 4.69. The second kappa shape index (κ2) is 9.04. The Labute approximate surface area is 161 Å². The summed E-state index contributed by atoms with van der Waals surface area (Å²) in [6.45, 7) is 4.85. The average molecular weight is 359 g/mol. The van der Waals surface area contributed by atoms with Gasteiger partial charge in [0.1, 0.15) is 12.4 Å². The summed E-state index contributed by atoms with van der Waals surface area (Å²) in [4.78, 5) is 12.5. The Kier molecular flexibility index (Phi) is 6.26. The van der Waals surface area contributed by atoms with Gasteiger partial charge in [-0.3, -0.25) is 4.79 Å². The van der Waals surface area contributed by atoms with Gasteiger partial charge < -0.3 is 10.1 Å². The van der Waals surface area contributed by atoms with Crippen molar-refractivity contribution in [1.82, 2.24) is 0 Å². The molecule has 0 saturated heterocycles. The van der Waals surface area contributed by atoms with Gasteiger partial charge in [-0.05, 0) is 53.8 Å². The SMILES string of the molecule is CC[C@H](C)c1ccc(NC(=O)c2cccc(OCc3ccccc3)c2)cc1. The number of ether oxygens (including phenoxy) is 1. The predicted octanol–water partition coefficient (Wildman–Crippen LogP) is 6.03. The van der Waals surface area contributed by atoms with E-state index in [-0.39, 0.29) is 5.91 Å². The van der Waals surface area contributed by atoms with Gasteiger partial charge >= 0.3 is 0 Å². The lowest BCUT2D eigenvalue weighted by Gasteiger charge is -2.11. The number of nitrogens with one attached hydrogen (secondary N) is 1. The summed E-state index contributed by atoms with van der Waals surface area (Å²) in [5.74, 6) is 1.06. The Morgan fingerprint density at radius 3 is 2.41 bits per heavy atom. The van der Waals surface area contributed by atoms with Gasteiger partial charge in [-0.1, -0.05) is 62.4 Å². The highest BCUT2D eigenvalue weighted by Gasteiger charge is 2.08. The normalized spacial score (nSPS) is 11.6. The van der Waals surface area contributed by atoms with Crippen LogP contribution in [0.2, 0.25) is 0 Å². The van der Waals surface area contributed by atoms with Crippen LogP contribution in [-0.4, -0.2) is 5.91 Å². The van der Waals surface area contributed by atoms with E-state index < -0.39 is 0 Å². The quantitative estimate of drug-likeness (QED) is 0.559. The Bertz CT molecular complexity index is 872. The summed E-state index contributed by atoms with van der Waals surface area (Å²) in [6.07, 6.45) is 1.10. The topological polar surface area (TPSA) is 38.3 Å². The van der Waals surface area contributed by atoms with E-state index in [9.17, 15) is 4.79 Å². The molecule has 1 atom stereocenters. The van der Waals surface area contributed by atoms with Crippen molar-refractivity contribution in [1.29, 1.82) is 0 Å². The molecule has 0 bridgehead atoms. The van der Waals surface area contributed by atoms with Gasteiger partial charge in [-0.15, -0.1) is 0 Å². The fourth-order valence-corrected chi connectivity index (χ4v) is 2.80. The molecule has 0 radical (unpaired) electrons. The van der Waals surface area contributed by atoms with Crippen LogP contribution in [0.4, 0.5) is 5.69 Å². The van der Waals surface area contributed by atoms with Gasteiger partial charge in [-0.2, -0.15) is 0 Å². The smallest absolute Gasteiger partial charge is 0.255 e. The van der Waals surface area contributed by atoms with Crippen LogP contribution in [-0.2, 0) is 6.61 Å². The number of hydrogen-bond acceptors (Lipinski definition) is 2. The zero-order valence-corrected chi connectivity index (χ0v) is 15.8. The molecule has 138 valence electrons. The molecule has 3 aromatic rings. The number of benzene rings is 3. The van der Waals surface area contributed by atoms with Crippen molar-refractivity contribution in [2.75, 3.05) is 5.32 Å². The predicted molar refractivity (Wildman–Crippen MR) is 110 cm³/mol. The van der Waals surface area contributed by atoms with Crippen molar-refractivity contribution >= 4 is 11.6 Å². The lowest BCUT2D eigenvalue weighted by atomic mass is 9.98. The van der Waals surface area contributed by atoms with Crippen LogP contribution >= 0.6 is 0 Å². The number of carbonyl (C=O) groups excluding carboxylic acids is 1. The standard InChI is InChI=1S/C24H25NO2/c1-3-18(2)20-12-14-22(15-13-20)25-24(26)21-10-7-11-23(16-21)27-17-19-8-5-4-6-9-19/h4-16,18H,3,17H2,1-2H3,(H,25,26)/t18-/m0/s1. The number of hydrogen-bond donors (Lipinski definition) is 1. The summed E-state index contributed by atoms with van der Waals surface area (Å²) < 4.78 is 5.81. The highest BCUT2D eigenvalue weighted by molar-refractivity contribution is 6.04. The van der Waals surface area contributed by atoms with Crippen LogP contribution in [0.1, 0.15) is 47.7 Å². The zero-order valence-electron chi connectivity index (χ0n) is 15.8. The number of rotatable bonds is 7. The monoisotopic (exact) mass is 359 g/mol. The molecule has 3 heteroatoms. The van der Waals surface area contributed by atoms with Gasteiger partial charge in [-0.25, -0.2) is 0 Å². The summed E-state index contributed by atoms with van der Waals surface area (Å²) in [7, 11) is 0. The van der Waals surface area contributed by atoms with Crippen LogP contribution in [0.3, 0.4) is 0 Å². The number of amides is 1.